The first kappa shape index (κ1) is 40.6. The van der Waals surface area contributed by atoms with Crippen molar-refractivity contribution in [1.82, 2.24) is 0 Å². The van der Waals surface area contributed by atoms with Gasteiger partial charge in [0.15, 0.2) is 0 Å². The van der Waals surface area contributed by atoms with Crippen LogP contribution in [0.2, 0.25) is 10.0 Å². The third-order valence-corrected chi connectivity index (χ3v) is 11.8. The van der Waals surface area contributed by atoms with Gasteiger partial charge in [-0.2, -0.15) is 0 Å². The van der Waals surface area contributed by atoms with Gasteiger partial charge in [-0.05, 0) is 100.0 Å². The van der Waals surface area contributed by atoms with Gasteiger partial charge >= 0.3 is 0 Å². The zero-order chi connectivity index (χ0) is 42.6. The molecule has 9 aromatic carbocycles. The van der Waals surface area contributed by atoms with E-state index in [0.717, 1.165) is 78.6 Å². The summed E-state index contributed by atoms with van der Waals surface area (Å²) >= 11 is 13.3. The fourth-order valence-corrected chi connectivity index (χ4v) is 8.50. The second-order valence-corrected chi connectivity index (χ2v) is 17.4. The van der Waals surface area contributed by atoms with Gasteiger partial charge < -0.3 is 9.80 Å². The van der Waals surface area contributed by atoms with Crippen LogP contribution in [-0.2, 0) is 5.41 Å². The van der Waals surface area contributed by atoms with E-state index in [1.54, 1.807) is 0 Å². The van der Waals surface area contributed by atoms with Crippen LogP contribution >= 0.6 is 23.2 Å². The fourth-order valence-electron chi connectivity index (χ4n) is 8.25. The highest BCUT2D eigenvalue weighted by Crippen LogP contribution is 2.51. The third kappa shape index (κ3) is 8.41. The van der Waals surface area contributed by atoms with Crippen LogP contribution in [0.4, 0.5) is 34.1 Å². The molecule has 0 aliphatic carbocycles. The molecule has 0 saturated heterocycles. The molecule has 0 aliphatic rings. The fraction of sp³-hybridized carbons (Fsp3) is 0.0690. The average Bonchev–Trinajstić information content (AvgIpc) is 3.31. The number of rotatable bonds is 10. The van der Waals surface area contributed by atoms with E-state index in [1.165, 1.54) is 5.56 Å². The summed E-state index contributed by atoms with van der Waals surface area (Å²) in [4.78, 5) is 4.84. The molecule has 0 atom stereocenters. The Hall–Kier alpha value is -6.84. The van der Waals surface area contributed by atoms with Crippen LogP contribution in [0.25, 0.3) is 44.5 Å². The van der Waals surface area contributed by atoms with Crippen molar-refractivity contribution in [3.05, 3.63) is 240 Å². The van der Waals surface area contributed by atoms with Crippen molar-refractivity contribution in [2.75, 3.05) is 9.80 Å². The minimum Gasteiger partial charge on any atom is -0.309 e. The zero-order valence-corrected chi connectivity index (χ0v) is 36.5. The molecule has 0 fully saturated rings. The average molecular weight is 842 g/mol. The maximum absolute atomic E-state index is 6.66. The van der Waals surface area contributed by atoms with Crippen LogP contribution in [-0.4, -0.2) is 0 Å². The molecule has 2 nitrogen and oxygen atoms in total. The van der Waals surface area contributed by atoms with E-state index < -0.39 is 0 Å². The van der Waals surface area contributed by atoms with Gasteiger partial charge in [0.25, 0.3) is 0 Å². The molecule has 9 aromatic rings. The van der Waals surface area contributed by atoms with E-state index in [4.69, 9.17) is 23.2 Å². The molecule has 302 valence electrons. The van der Waals surface area contributed by atoms with Gasteiger partial charge in [0.1, 0.15) is 0 Å². The van der Waals surface area contributed by atoms with Gasteiger partial charge in [0, 0.05) is 55.0 Å². The lowest BCUT2D eigenvalue weighted by Crippen LogP contribution is -2.19. The van der Waals surface area contributed by atoms with Gasteiger partial charge in [-0.3, -0.25) is 0 Å². The van der Waals surface area contributed by atoms with Crippen LogP contribution in [0.5, 0.6) is 0 Å². The van der Waals surface area contributed by atoms with E-state index >= 15 is 0 Å². The first-order chi connectivity index (χ1) is 30.2. The highest BCUT2D eigenvalue weighted by Gasteiger charge is 2.28. The lowest BCUT2D eigenvalue weighted by molar-refractivity contribution is 0.590. The molecule has 0 aliphatic heterocycles. The second kappa shape index (κ2) is 17.6. The Labute approximate surface area is 375 Å². The summed E-state index contributed by atoms with van der Waals surface area (Å²) < 4.78 is 0. The molecule has 9 rings (SSSR count). The quantitative estimate of drug-likeness (QED) is 0.135. The summed E-state index contributed by atoms with van der Waals surface area (Å²) in [6.07, 6.45) is 0. The number of hydrogen-bond donors (Lipinski definition) is 0. The molecule has 0 heterocycles. The van der Waals surface area contributed by atoms with Crippen LogP contribution in [0.15, 0.2) is 224 Å². The molecule has 0 radical (unpaired) electrons. The molecule has 4 heteroatoms. The normalized spacial score (nSPS) is 11.3. The van der Waals surface area contributed by atoms with Crippen LogP contribution in [0.1, 0.15) is 26.3 Å². The lowest BCUT2D eigenvalue weighted by atomic mass is 9.85. The van der Waals surface area contributed by atoms with Gasteiger partial charge in [0.2, 0.25) is 0 Å². The number of anilines is 6. The largest absolute Gasteiger partial charge is 0.309 e. The standard InChI is InChI=1S/C58H46Cl2N2/c1-58(2,3)45-38-50(61(48-34-30-46(59)31-35-48)56-52(41-18-8-4-9-19-41)26-16-27-53(56)42-20-10-5-11-21-42)40-51(39-45)62(49-36-32-47(60)33-37-49)57-54(43-22-12-6-13-23-43)28-17-29-55(57)44-24-14-7-15-25-44/h4-40H,1-3H3. The smallest absolute Gasteiger partial charge is 0.0618 e. The predicted molar refractivity (Wildman–Crippen MR) is 266 cm³/mol. The predicted octanol–water partition coefficient (Wildman–Crippen LogP) is 17.9. The molecular formula is C58H46Cl2N2. The third-order valence-electron chi connectivity index (χ3n) is 11.3. The molecule has 62 heavy (non-hydrogen) atoms. The minimum atomic E-state index is -0.232. The van der Waals surface area contributed by atoms with Crippen molar-refractivity contribution in [1.29, 1.82) is 0 Å². The van der Waals surface area contributed by atoms with E-state index in [2.05, 4.69) is 231 Å². The molecule has 0 unspecified atom stereocenters. The van der Waals surface area contributed by atoms with Gasteiger partial charge in [-0.1, -0.05) is 202 Å². The Morgan fingerprint density at radius 2 is 0.597 bits per heavy atom. The summed E-state index contributed by atoms with van der Waals surface area (Å²) in [6.45, 7) is 6.86. The Kier molecular flexibility index (Phi) is 11.5. The van der Waals surface area contributed by atoms with Gasteiger partial charge in [-0.15, -0.1) is 0 Å². The van der Waals surface area contributed by atoms with E-state index in [0.29, 0.717) is 10.0 Å². The SMILES string of the molecule is CC(C)(C)c1cc(N(c2ccc(Cl)cc2)c2c(-c3ccccc3)cccc2-c2ccccc2)cc(N(c2ccc(Cl)cc2)c2c(-c3ccccc3)cccc2-c2ccccc2)c1. The van der Waals surface area contributed by atoms with Gasteiger partial charge in [0.05, 0.1) is 11.4 Å². The Balaban J connectivity index is 1.40. The molecule has 0 aromatic heterocycles. The summed E-state index contributed by atoms with van der Waals surface area (Å²) in [7, 11) is 0. The molecule has 0 amide bonds. The summed E-state index contributed by atoms with van der Waals surface area (Å²) in [5.74, 6) is 0. The zero-order valence-electron chi connectivity index (χ0n) is 35.0. The topological polar surface area (TPSA) is 6.48 Å². The van der Waals surface area contributed by atoms with Crippen LogP contribution in [0, 0.1) is 0 Å². The Bertz CT molecular complexity index is 2620. The monoisotopic (exact) mass is 840 g/mol. The van der Waals surface area contributed by atoms with Crippen molar-refractivity contribution in [2.24, 2.45) is 0 Å². The van der Waals surface area contributed by atoms with E-state index in [9.17, 15) is 0 Å². The highest BCUT2D eigenvalue weighted by molar-refractivity contribution is 6.31. The van der Waals surface area contributed by atoms with Crippen molar-refractivity contribution in [3.8, 4) is 44.5 Å². The first-order valence-electron chi connectivity index (χ1n) is 21.0. The number of hydrogen-bond acceptors (Lipinski definition) is 2. The van der Waals surface area contributed by atoms with E-state index in [1.807, 2.05) is 24.3 Å². The molecule has 0 saturated carbocycles. The Morgan fingerprint density at radius 3 is 0.871 bits per heavy atom. The Morgan fingerprint density at radius 1 is 0.306 bits per heavy atom. The number of para-hydroxylation sites is 2. The molecule has 0 spiro atoms. The minimum absolute atomic E-state index is 0.232. The van der Waals surface area contributed by atoms with Crippen molar-refractivity contribution >= 4 is 57.3 Å². The number of benzene rings is 9. The maximum atomic E-state index is 6.66. The summed E-state index contributed by atoms with van der Waals surface area (Å²) in [5.41, 5.74) is 16.0. The molecular weight excluding hydrogens is 796 g/mol. The molecule has 0 bridgehead atoms. The van der Waals surface area contributed by atoms with Crippen molar-refractivity contribution in [2.45, 2.75) is 26.2 Å². The second-order valence-electron chi connectivity index (χ2n) is 16.5. The van der Waals surface area contributed by atoms with E-state index in [-0.39, 0.29) is 5.41 Å². The number of nitrogens with zero attached hydrogens (tertiary/aromatic N) is 2. The van der Waals surface area contributed by atoms with Gasteiger partial charge in [-0.25, -0.2) is 0 Å². The van der Waals surface area contributed by atoms with Crippen LogP contribution in [0.3, 0.4) is 0 Å². The van der Waals surface area contributed by atoms with Crippen LogP contribution < -0.4 is 9.80 Å². The number of halogens is 2. The van der Waals surface area contributed by atoms with Crippen molar-refractivity contribution in [3.63, 3.8) is 0 Å². The van der Waals surface area contributed by atoms with Crippen molar-refractivity contribution < 1.29 is 0 Å². The molecule has 0 N–H and O–H groups in total. The summed E-state index contributed by atoms with van der Waals surface area (Å²) in [6, 6.07) is 79.4. The summed E-state index contributed by atoms with van der Waals surface area (Å²) in [5, 5.41) is 1.36. The first-order valence-corrected chi connectivity index (χ1v) is 21.7. The maximum Gasteiger partial charge on any atom is 0.0618 e. The highest BCUT2D eigenvalue weighted by atomic mass is 35.5. The lowest BCUT2D eigenvalue weighted by Gasteiger charge is -2.35.